The molecule has 3 heterocycles. The summed E-state index contributed by atoms with van der Waals surface area (Å²) in [7, 11) is -9.09. The first-order valence-corrected chi connectivity index (χ1v) is 38.6. The third-order valence-corrected chi connectivity index (χ3v) is 29.6. The first-order chi connectivity index (χ1) is 40.1. The van der Waals surface area contributed by atoms with Crippen molar-refractivity contribution in [2.45, 2.75) is 162 Å². The summed E-state index contributed by atoms with van der Waals surface area (Å²) < 4.78 is 89.3. The molecule has 3 unspecified atom stereocenters. The summed E-state index contributed by atoms with van der Waals surface area (Å²) in [6.07, 6.45) is 7.71. The molecule has 4 aliphatic rings. The van der Waals surface area contributed by atoms with Crippen molar-refractivity contribution >= 4 is 86.8 Å². The maximum Gasteiger partial charge on any atom is 0.511 e. The average Bonchev–Trinajstić information content (AvgIpc) is 1.82. The van der Waals surface area contributed by atoms with Crippen molar-refractivity contribution in [1.82, 2.24) is 13.5 Å². The van der Waals surface area contributed by atoms with Crippen LogP contribution in [0.2, 0.25) is 0 Å². The lowest BCUT2D eigenvalue weighted by Crippen LogP contribution is -2.54. The van der Waals surface area contributed by atoms with E-state index >= 15 is 0 Å². The van der Waals surface area contributed by atoms with Crippen LogP contribution in [0.25, 0.3) is 10.8 Å². The molecular weight excluding hydrogens is 1190 g/mol. The van der Waals surface area contributed by atoms with Gasteiger partial charge in [0.2, 0.25) is 33.3 Å². The maximum absolute atomic E-state index is 13.8. The Morgan fingerprint density at radius 2 is 0.965 bits per heavy atom. The molecule has 1 amide bonds. The highest BCUT2D eigenvalue weighted by molar-refractivity contribution is 7.99. The zero-order valence-electron chi connectivity index (χ0n) is 53.3. The average molecular weight is 1290 g/mol. The number of ketones is 3. The number of amides is 1. The van der Waals surface area contributed by atoms with E-state index < -0.39 is 36.4 Å². The van der Waals surface area contributed by atoms with Gasteiger partial charge in [0.25, 0.3) is 0 Å². The van der Waals surface area contributed by atoms with E-state index in [2.05, 4.69) is 66.7 Å². The van der Waals surface area contributed by atoms with Gasteiger partial charge in [-0.15, -0.1) is 0 Å². The summed E-state index contributed by atoms with van der Waals surface area (Å²) in [5, 5.41) is 1.77. The number of sulfonamides is 2. The van der Waals surface area contributed by atoms with Crippen molar-refractivity contribution in [1.29, 1.82) is 0 Å². The van der Waals surface area contributed by atoms with Crippen molar-refractivity contribution in [3.8, 4) is 0 Å². The number of benzene rings is 4. The highest BCUT2D eigenvalue weighted by atomic mass is 32.2. The fraction of sp³-hybridized carbons (Fsp3) is 0.612. The molecule has 1 aliphatic carbocycles. The Labute approximate surface area is 522 Å². The van der Waals surface area contributed by atoms with Crippen molar-refractivity contribution in [3.05, 3.63) is 118 Å². The van der Waals surface area contributed by atoms with Crippen LogP contribution in [-0.4, -0.2) is 154 Å². The van der Waals surface area contributed by atoms with Gasteiger partial charge in [-0.25, -0.2) is 16.8 Å². The van der Waals surface area contributed by atoms with Crippen molar-refractivity contribution < 1.29 is 49.2 Å². The van der Waals surface area contributed by atoms with Gasteiger partial charge < -0.3 is 4.90 Å². The van der Waals surface area contributed by atoms with E-state index in [4.69, 9.17) is 0 Å². The summed E-state index contributed by atoms with van der Waals surface area (Å²) in [6.45, 7) is 28.8. The van der Waals surface area contributed by atoms with E-state index in [0.717, 1.165) is 70.0 Å². The first kappa shape index (κ1) is 71.4. The van der Waals surface area contributed by atoms with Gasteiger partial charge in [-0.3, -0.25) is 19.2 Å². The van der Waals surface area contributed by atoms with Crippen LogP contribution in [0, 0.1) is 30.1 Å². The summed E-state index contributed by atoms with van der Waals surface area (Å²) in [5.74, 6) is 5.35. The Morgan fingerprint density at radius 3 is 1.40 bits per heavy atom. The molecule has 0 radical (unpaired) electrons. The number of unbranched alkanes of at least 4 members (excludes halogenated alkanes) is 1. The van der Waals surface area contributed by atoms with Gasteiger partial charge in [-0.1, -0.05) is 185 Å². The lowest BCUT2D eigenvalue weighted by atomic mass is 9.83. The minimum atomic E-state index is -5.32. The van der Waals surface area contributed by atoms with Gasteiger partial charge in [0.05, 0.1) is 45.0 Å². The Hall–Kier alpha value is -3.72. The van der Waals surface area contributed by atoms with E-state index in [0.29, 0.717) is 35.3 Å². The van der Waals surface area contributed by atoms with Crippen LogP contribution in [-0.2, 0) is 57.5 Å². The molecular formula is C67H97F3N3O8S5+3. The lowest BCUT2D eigenvalue weighted by Gasteiger charge is -2.34. The molecule has 3 saturated heterocycles. The smallest absolute Gasteiger partial charge is 0.334 e. The summed E-state index contributed by atoms with van der Waals surface area (Å²) in [4.78, 5) is 54.1. The zero-order valence-corrected chi connectivity index (χ0v) is 57.4. The lowest BCUT2D eigenvalue weighted by molar-refractivity contribution is -0.128. The number of aryl methyl sites for hydroxylation is 2. The molecule has 86 heavy (non-hydrogen) atoms. The normalized spacial score (nSPS) is 19.1. The maximum atomic E-state index is 13.8. The van der Waals surface area contributed by atoms with Gasteiger partial charge >= 0.3 is 15.5 Å². The van der Waals surface area contributed by atoms with Crippen molar-refractivity contribution in [2.24, 2.45) is 16.2 Å². The molecule has 4 aromatic carbocycles. The zero-order chi connectivity index (χ0) is 63.7. The number of rotatable bonds is 15. The standard InChI is InChI=1S/C23H33F3NO3S2.C23H30NO2S.C21H34NO3S2/c1-22(2,3)21(31-15-13-27(14-16-31)32(29,30)23(24,25)26)20(28)19-11-9-18(10-12-19)17-7-5-4-6-8-17;1-16-10-11-20(19-9-7-6-8-18(16)19)21(26)22(23(3,4)5)27-14-12-24(13-15-27)17(2)25;1-6-7-16-27(24,25)22-12-14-26(15-13-22)20(21(3,4)5)19(23)18-10-8-17(2)9-11-18/h9-12,17,21H,4-8,13-16H2,1-3H3;6-11,22H,12-15H2,1-5H3;8-11,20H,6-7,12-16H2,1-5H3/q3*+1. The van der Waals surface area contributed by atoms with Crippen LogP contribution in [0.5, 0.6) is 0 Å². The van der Waals surface area contributed by atoms with Crippen LogP contribution >= 0.6 is 0 Å². The van der Waals surface area contributed by atoms with E-state index in [1.807, 2.05) is 106 Å². The highest BCUT2D eigenvalue weighted by Crippen LogP contribution is 2.39. The quantitative estimate of drug-likeness (QED) is 0.0844. The van der Waals surface area contributed by atoms with E-state index in [-0.39, 0.29) is 107 Å². The van der Waals surface area contributed by atoms with E-state index in [1.165, 1.54) is 43.2 Å². The molecule has 476 valence electrons. The van der Waals surface area contributed by atoms with Crippen LogP contribution in [0.15, 0.2) is 84.9 Å². The van der Waals surface area contributed by atoms with Crippen molar-refractivity contribution in [2.75, 3.05) is 79.5 Å². The number of Topliss-reactive ketones (excluding diaryl/α,β-unsaturated/α-hetero) is 3. The molecule has 1 saturated carbocycles. The number of carbonyl (C=O) groups is 4. The third kappa shape index (κ3) is 18.2. The summed E-state index contributed by atoms with van der Waals surface area (Å²) in [5.41, 5.74) is -0.0691. The van der Waals surface area contributed by atoms with Gasteiger partial charge in [-0.05, 0) is 60.9 Å². The molecule has 4 fully saturated rings. The fourth-order valence-electron chi connectivity index (χ4n) is 12.4. The fourth-order valence-corrected chi connectivity index (χ4v) is 24.6. The Balaban J connectivity index is 0.000000207. The van der Waals surface area contributed by atoms with E-state index in [9.17, 15) is 49.2 Å². The number of fused-ring (bicyclic) bond motifs is 1. The van der Waals surface area contributed by atoms with E-state index in [1.54, 1.807) is 11.2 Å². The van der Waals surface area contributed by atoms with Gasteiger partial charge in [0, 0.05) is 72.5 Å². The molecule has 19 heteroatoms. The molecule has 4 aromatic rings. The predicted molar refractivity (Wildman–Crippen MR) is 355 cm³/mol. The largest absolute Gasteiger partial charge is 0.511 e. The molecule has 3 aliphatic heterocycles. The molecule has 0 bridgehead atoms. The SMILES string of the molecule is CC(=O)N1CC[S+](C(C(=O)c2ccc(C)c3ccccc23)C(C)(C)C)CC1.CC(C)(C)C(C(=O)c1ccc(C2CCCCC2)cc1)[S+]1CCN(S(=O)(=O)C(F)(F)F)CC1.CCCCS(=O)(=O)N1CC[S+](C(C(=O)c2ccc(C)cc2)C(C)(C)C)CC1. The molecule has 0 aromatic heterocycles. The third-order valence-electron chi connectivity index (χ3n) is 17.0. The molecule has 0 N–H and O–H groups in total. The number of hydrogen-bond donors (Lipinski definition) is 0. The summed E-state index contributed by atoms with van der Waals surface area (Å²) in [6, 6.07) is 28.0. The molecule has 0 spiro atoms. The van der Waals surface area contributed by atoms with Gasteiger partial charge in [-0.2, -0.15) is 21.8 Å². The van der Waals surface area contributed by atoms with Crippen LogP contribution in [0.3, 0.4) is 0 Å². The second-order valence-corrected chi connectivity index (χ2v) is 38.0. The minimum absolute atomic E-state index is 0.00292. The van der Waals surface area contributed by atoms with Gasteiger partial charge in [0.1, 0.15) is 34.5 Å². The van der Waals surface area contributed by atoms with Crippen LogP contribution in [0.4, 0.5) is 13.2 Å². The number of alkyl halides is 3. The predicted octanol–water partition coefficient (Wildman–Crippen LogP) is 13.0. The summed E-state index contributed by atoms with van der Waals surface area (Å²) >= 11 is 0. The minimum Gasteiger partial charge on any atom is -0.334 e. The molecule has 3 atom stereocenters. The number of carbonyl (C=O) groups excluding carboxylic acids is 4. The number of hydrogen-bond acceptors (Lipinski definition) is 8. The monoisotopic (exact) mass is 1290 g/mol. The number of nitrogens with zero attached hydrogens (tertiary/aromatic N) is 3. The Morgan fingerprint density at radius 1 is 0.547 bits per heavy atom. The second-order valence-electron chi connectivity index (χ2n) is 26.9. The topological polar surface area (TPSA) is 146 Å². The first-order valence-electron chi connectivity index (χ1n) is 30.6. The Kier molecular flexibility index (Phi) is 24.8. The molecule has 8 rings (SSSR count). The molecule has 11 nitrogen and oxygen atoms in total. The highest BCUT2D eigenvalue weighted by Gasteiger charge is 2.55. The van der Waals surface area contributed by atoms with Crippen LogP contribution in [0.1, 0.15) is 175 Å². The Bertz CT molecular complexity index is 3160. The second kappa shape index (κ2) is 29.9. The number of halogens is 3. The van der Waals surface area contributed by atoms with Gasteiger partial charge in [0.15, 0.2) is 15.7 Å². The van der Waals surface area contributed by atoms with Crippen molar-refractivity contribution in [3.63, 3.8) is 0 Å². The van der Waals surface area contributed by atoms with Crippen LogP contribution < -0.4 is 0 Å².